The van der Waals surface area contributed by atoms with Crippen molar-refractivity contribution in [2.45, 2.75) is 0 Å². The summed E-state index contributed by atoms with van der Waals surface area (Å²) in [6, 6.07) is 8.63. The summed E-state index contributed by atoms with van der Waals surface area (Å²) in [5, 5.41) is 13.4. The highest BCUT2D eigenvalue weighted by molar-refractivity contribution is 7.80. The highest BCUT2D eigenvalue weighted by Crippen LogP contribution is 2.16. The Morgan fingerprint density at radius 3 is 2.41 bits per heavy atom. The number of hydrogen-bond acceptors (Lipinski definition) is 4. The van der Waals surface area contributed by atoms with Gasteiger partial charge in [0.15, 0.2) is 10.9 Å². The molecule has 3 N–H and O–H groups in total. The monoisotopic (exact) mass is 324 g/mol. The molecule has 2 aromatic rings. The average Bonchev–Trinajstić information content (AvgIpc) is 2.47. The van der Waals surface area contributed by atoms with Gasteiger partial charge in [-0.1, -0.05) is 0 Å². The van der Waals surface area contributed by atoms with Crippen molar-refractivity contribution in [3.63, 3.8) is 0 Å². The summed E-state index contributed by atoms with van der Waals surface area (Å²) in [6.07, 6.45) is 0. The molecule has 0 saturated carbocycles. The van der Waals surface area contributed by atoms with Crippen LogP contribution in [0.15, 0.2) is 42.5 Å². The van der Waals surface area contributed by atoms with E-state index in [1.807, 2.05) is 0 Å². The number of benzene rings is 2. The molecule has 0 atom stereocenters. The Hall–Kier alpha value is -2.81. The Morgan fingerprint density at radius 1 is 1.14 bits per heavy atom. The van der Waals surface area contributed by atoms with Crippen molar-refractivity contribution < 1.29 is 13.7 Å². The highest BCUT2D eigenvalue weighted by Gasteiger charge is 2.06. The first-order valence-corrected chi connectivity index (χ1v) is 6.39. The van der Waals surface area contributed by atoms with Crippen molar-refractivity contribution in [3.8, 4) is 0 Å². The summed E-state index contributed by atoms with van der Waals surface area (Å²) in [5.74, 6) is -1.46. The van der Waals surface area contributed by atoms with Crippen molar-refractivity contribution in [2.75, 3.05) is 10.7 Å². The van der Waals surface area contributed by atoms with Crippen LogP contribution in [-0.4, -0.2) is 10.0 Å². The lowest BCUT2D eigenvalue weighted by Gasteiger charge is -2.13. The largest absolute Gasteiger partial charge is 0.331 e. The third-order valence-corrected chi connectivity index (χ3v) is 2.78. The van der Waals surface area contributed by atoms with Gasteiger partial charge in [-0.25, -0.2) is 8.78 Å². The molecule has 0 heterocycles. The van der Waals surface area contributed by atoms with Gasteiger partial charge in [0.1, 0.15) is 5.82 Å². The van der Waals surface area contributed by atoms with Crippen LogP contribution in [0.4, 0.5) is 25.8 Å². The minimum Gasteiger partial charge on any atom is -0.331 e. The number of nitro benzene ring substituents is 1. The fourth-order valence-electron chi connectivity index (χ4n) is 1.54. The molecular weight excluding hydrogens is 314 g/mol. The Balaban J connectivity index is 1.91. The molecule has 22 heavy (non-hydrogen) atoms. The minimum absolute atomic E-state index is 0.0225. The topological polar surface area (TPSA) is 79.2 Å². The van der Waals surface area contributed by atoms with Gasteiger partial charge < -0.3 is 5.32 Å². The van der Waals surface area contributed by atoms with E-state index < -0.39 is 16.6 Å². The molecule has 0 amide bonds. The van der Waals surface area contributed by atoms with Crippen LogP contribution in [0.5, 0.6) is 0 Å². The molecule has 0 spiro atoms. The maximum Gasteiger partial charge on any atom is 0.269 e. The number of nitrogens with zero attached hydrogens (tertiary/aromatic N) is 1. The number of nitro groups is 1. The molecule has 0 unspecified atom stereocenters. The van der Waals surface area contributed by atoms with E-state index in [2.05, 4.69) is 16.2 Å². The Labute approximate surface area is 129 Å². The number of hydrogen-bond donors (Lipinski definition) is 3. The van der Waals surface area contributed by atoms with Crippen LogP contribution in [0.25, 0.3) is 0 Å². The molecule has 0 radical (unpaired) electrons. The Morgan fingerprint density at radius 2 is 1.82 bits per heavy atom. The lowest BCUT2D eigenvalue weighted by Crippen LogP contribution is -2.33. The van der Waals surface area contributed by atoms with Gasteiger partial charge in [-0.15, -0.1) is 0 Å². The third-order valence-electron chi connectivity index (χ3n) is 2.58. The second-order valence-corrected chi connectivity index (χ2v) is 4.54. The first-order chi connectivity index (χ1) is 10.5. The molecule has 2 rings (SSSR count). The molecule has 0 bridgehead atoms. The van der Waals surface area contributed by atoms with Gasteiger partial charge in [-0.3, -0.25) is 21.0 Å². The van der Waals surface area contributed by atoms with Crippen molar-refractivity contribution in [3.05, 3.63) is 64.2 Å². The fourth-order valence-corrected chi connectivity index (χ4v) is 1.71. The normalized spacial score (nSPS) is 9.91. The summed E-state index contributed by atoms with van der Waals surface area (Å²) in [7, 11) is 0. The maximum atomic E-state index is 13.4. The van der Waals surface area contributed by atoms with Gasteiger partial charge in [0.2, 0.25) is 0 Å². The van der Waals surface area contributed by atoms with Crippen LogP contribution in [0.1, 0.15) is 0 Å². The maximum absolute atomic E-state index is 13.4. The lowest BCUT2D eigenvalue weighted by molar-refractivity contribution is -0.384. The Bertz CT molecular complexity index is 710. The zero-order chi connectivity index (χ0) is 16.1. The predicted molar refractivity (Wildman–Crippen MR) is 82.4 cm³/mol. The van der Waals surface area contributed by atoms with Gasteiger partial charge >= 0.3 is 0 Å². The van der Waals surface area contributed by atoms with Crippen LogP contribution in [0, 0.1) is 21.7 Å². The highest BCUT2D eigenvalue weighted by atomic mass is 32.1. The standard InChI is InChI=1S/C13H10F2N4O2S/c14-8-1-6-12(11(15)7-8)17-18-13(22)16-9-2-4-10(5-3-9)19(20)21/h1-7,17H,(H2,16,18,22). The van der Waals surface area contributed by atoms with Gasteiger partial charge in [0.05, 0.1) is 10.6 Å². The summed E-state index contributed by atoms with van der Waals surface area (Å²) < 4.78 is 26.1. The van der Waals surface area contributed by atoms with Crippen molar-refractivity contribution in [2.24, 2.45) is 0 Å². The predicted octanol–water partition coefficient (Wildman–Crippen LogP) is 3.19. The molecule has 0 aliphatic rings. The Kier molecular flexibility index (Phi) is 4.79. The quantitative estimate of drug-likeness (QED) is 0.455. The minimum atomic E-state index is -0.773. The second kappa shape index (κ2) is 6.76. The molecule has 2 aromatic carbocycles. The van der Waals surface area contributed by atoms with Crippen LogP contribution in [0.2, 0.25) is 0 Å². The number of hydrazine groups is 1. The SMILES string of the molecule is O=[N+]([O-])c1ccc(NC(=S)NNc2ccc(F)cc2F)cc1. The number of nitrogens with one attached hydrogen (secondary N) is 3. The van der Waals surface area contributed by atoms with Gasteiger partial charge in [-0.2, -0.15) is 0 Å². The van der Waals surface area contributed by atoms with Crippen molar-refractivity contribution in [1.82, 2.24) is 5.43 Å². The smallest absolute Gasteiger partial charge is 0.269 e. The van der Waals surface area contributed by atoms with E-state index in [1.54, 1.807) is 0 Å². The number of thiocarbonyl (C=S) groups is 1. The number of rotatable bonds is 4. The van der Waals surface area contributed by atoms with Gasteiger partial charge in [0, 0.05) is 23.9 Å². The number of halogens is 2. The van der Waals surface area contributed by atoms with Crippen LogP contribution >= 0.6 is 12.2 Å². The van der Waals surface area contributed by atoms with Crippen LogP contribution < -0.4 is 16.2 Å². The zero-order valence-corrected chi connectivity index (χ0v) is 11.8. The molecule has 0 aromatic heterocycles. The molecule has 0 fully saturated rings. The lowest BCUT2D eigenvalue weighted by atomic mass is 10.3. The molecular formula is C13H10F2N4O2S. The first kappa shape index (κ1) is 15.6. The van der Waals surface area contributed by atoms with E-state index in [0.29, 0.717) is 5.69 Å². The summed E-state index contributed by atoms with van der Waals surface area (Å²) in [4.78, 5) is 10.0. The summed E-state index contributed by atoms with van der Waals surface area (Å²) >= 11 is 4.97. The molecule has 6 nitrogen and oxygen atoms in total. The van der Waals surface area contributed by atoms with E-state index >= 15 is 0 Å². The molecule has 0 aliphatic carbocycles. The molecule has 0 saturated heterocycles. The molecule has 9 heteroatoms. The number of non-ortho nitro benzene ring substituents is 1. The van der Waals surface area contributed by atoms with E-state index in [9.17, 15) is 18.9 Å². The molecule has 0 aliphatic heterocycles. The first-order valence-electron chi connectivity index (χ1n) is 5.98. The van der Waals surface area contributed by atoms with Crippen LogP contribution in [0.3, 0.4) is 0 Å². The number of anilines is 2. The molecule has 114 valence electrons. The summed E-state index contributed by atoms with van der Waals surface area (Å²) in [5.41, 5.74) is 5.50. The van der Waals surface area contributed by atoms with Crippen molar-refractivity contribution in [1.29, 1.82) is 0 Å². The average molecular weight is 324 g/mol. The third kappa shape index (κ3) is 4.09. The fraction of sp³-hybridized carbons (Fsp3) is 0. The van der Waals surface area contributed by atoms with E-state index in [-0.39, 0.29) is 16.5 Å². The summed E-state index contributed by atoms with van der Waals surface area (Å²) in [6.45, 7) is 0. The van der Waals surface area contributed by atoms with Crippen LogP contribution in [-0.2, 0) is 0 Å². The second-order valence-electron chi connectivity index (χ2n) is 4.13. The van der Waals surface area contributed by atoms with E-state index in [1.165, 1.54) is 30.3 Å². The van der Waals surface area contributed by atoms with Gasteiger partial charge in [-0.05, 0) is 36.5 Å². The van der Waals surface area contributed by atoms with Crippen molar-refractivity contribution >= 4 is 34.4 Å². The zero-order valence-electron chi connectivity index (χ0n) is 11.0. The van der Waals surface area contributed by atoms with E-state index in [4.69, 9.17) is 12.2 Å². The van der Waals surface area contributed by atoms with Gasteiger partial charge in [0.25, 0.3) is 5.69 Å². The van der Waals surface area contributed by atoms with E-state index in [0.717, 1.165) is 12.1 Å².